The number of fused-ring (bicyclic) bond motifs is 1. The maximum Gasteiger partial charge on any atom is 0.275 e. The van der Waals surface area contributed by atoms with Crippen LogP contribution < -0.4 is 10.3 Å². The van der Waals surface area contributed by atoms with Crippen LogP contribution in [0.2, 0.25) is 0 Å². The highest BCUT2D eigenvalue weighted by molar-refractivity contribution is 7.16. The van der Waals surface area contributed by atoms with E-state index in [0.717, 1.165) is 5.01 Å². The Bertz CT molecular complexity index is 891. The van der Waals surface area contributed by atoms with E-state index in [2.05, 4.69) is 10.1 Å². The van der Waals surface area contributed by atoms with E-state index in [1.807, 2.05) is 11.9 Å². The first-order valence-electron chi connectivity index (χ1n) is 7.44. The predicted octanol–water partition coefficient (Wildman–Crippen LogP) is 2.11. The van der Waals surface area contributed by atoms with Gasteiger partial charge in [0.05, 0.1) is 6.54 Å². The van der Waals surface area contributed by atoms with Crippen molar-refractivity contribution in [2.75, 3.05) is 20.2 Å². The maximum atomic E-state index is 12.8. The fraction of sp³-hybridized carbons (Fsp3) is 0.312. The van der Waals surface area contributed by atoms with Gasteiger partial charge >= 0.3 is 0 Å². The highest BCUT2D eigenvalue weighted by atomic mass is 32.1. The van der Waals surface area contributed by atoms with Crippen LogP contribution in [0.4, 0.5) is 4.39 Å². The number of rotatable bonds is 6. The van der Waals surface area contributed by atoms with Crippen molar-refractivity contribution in [3.63, 3.8) is 0 Å². The van der Waals surface area contributed by atoms with Gasteiger partial charge < -0.3 is 4.74 Å². The molecule has 0 atom stereocenters. The molecule has 0 aliphatic rings. The van der Waals surface area contributed by atoms with Gasteiger partial charge in [0, 0.05) is 18.3 Å². The molecule has 126 valence electrons. The van der Waals surface area contributed by atoms with E-state index in [0.29, 0.717) is 36.1 Å². The largest absolute Gasteiger partial charge is 0.492 e. The summed E-state index contributed by atoms with van der Waals surface area (Å²) >= 11 is 1.40. The lowest BCUT2D eigenvalue weighted by Gasteiger charge is -2.15. The van der Waals surface area contributed by atoms with Crippen LogP contribution in [-0.2, 0) is 6.54 Å². The summed E-state index contributed by atoms with van der Waals surface area (Å²) in [6.45, 7) is 3.54. The highest BCUT2D eigenvalue weighted by Gasteiger charge is 2.10. The van der Waals surface area contributed by atoms with Crippen LogP contribution in [0.15, 0.2) is 35.1 Å². The summed E-state index contributed by atoms with van der Waals surface area (Å²) in [5.41, 5.74) is 0.526. The molecule has 0 bridgehead atoms. The zero-order valence-electron chi connectivity index (χ0n) is 13.4. The van der Waals surface area contributed by atoms with Gasteiger partial charge in [0.15, 0.2) is 0 Å². The number of aromatic nitrogens is 3. The summed E-state index contributed by atoms with van der Waals surface area (Å²) in [6.07, 6.45) is 0. The standard InChI is InChI=1S/C16H17FN4O2S/c1-11-9-15(22)21-16(18-11)24-14(19-21)10-20(2)7-8-23-13-5-3-12(17)4-6-13/h3-6,9H,7-8,10H2,1-2H3. The Morgan fingerprint density at radius 1 is 1.33 bits per heavy atom. The molecule has 3 rings (SSSR count). The fourth-order valence-electron chi connectivity index (χ4n) is 2.18. The summed E-state index contributed by atoms with van der Waals surface area (Å²) in [4.78, 5) is 18.8. The van der Waals surface area contributed by atoms with E-state index < -0.39 is 0 Å². The summed E-state index contributed by atoms with van der Waals surface area (Å²) in [5, 5.41) is 5.12. The molecule has 0 saturated carbocycles. The molecule has 6 nitrogen and oxygen atoms in total. The lowest BCUT2D eigenvalue weighted by molar-refractivity contribution is 0.232. The third-order valence-corrected chi connectivity index (χ3v) is 4.27. The highest BCUT2D eigenvalue weighted by Crippen LogP contribution is 2.14. The van der Waals surface area contributed by atoms with E-state index in [1.165, 1.54) is 34.1 Å². The van der Waals surface area contributed by atoms with E-state index in [9.17, 15) is 9.18 Å². The summed E-state index contributed by atoms with van der Waals surface area (Å²) in [5.74, 6) is 0.352. The Balaban J connectivity index is 1.56. The van der Waals surface area contributed by atoms with Crippen molar-refractivity contribution in [1.82, 2.24) is 19.5 Å². The molecule has 2 heterocycles. The molecule has 8 heteroatoms. The van der Waals surface area contributed by atoms with Crippen LogP contribution in [0.3, 0.4) is 0 Å². The molecule has 0 aliphatic carbocycles. The average Bonchev–Trinajstić information content (AvgIpc) is 2.92. The van der Waals surface area contributed by atoms with Gasteiger partial charge in [-0.1, -0.05) is 11.3 Å². The number of aryl methyl sites for hydroxylation is 1. The molecule has 0 amide bonds. The minimum atomic E-state index is -0.283. The molecule has 0 saturated heterocycles. The third kappa shape index (κ3) is 3.95. The minimum absolute atomic E-state index is 0.165. The van der Waals surface area contributed by atoms with Crippen LogP contribution in [-0.4, -0.2) is 39.7 Å². The fourth-order valence-corrected chi connectivity index (χ4v) is 3.21. The van der Waals surface area contributed by atoms with Crippen LogP contribution in [0.25, 0.3) is 4.96 Å². The first kappa shape index (κ1) is 16.5. The lowest BCUT2D eigenvalue weighted by atomic mass is 10.3. The van der Waals surface area contributed by atoms with Gasteiger partial charge in [-0.2, -0.15) is 9.61 Å². The number of hydrogen-bond donors (Lipinski definition) is 0. The van der Waals surface area contributed by atoms with Gasteiger partial charge in [0.1, 0.15) is 23.2 Å². The van der Waals surface area contributed by atoms with Crippen LogP contribution in [0.1, 0.15) is 10.7 Å². The second kappa shape index (κ2) is 7.06. The Hall–Kier alpha value is -2.32. The Morgan fingerprint density at radius 2 is 2.08 bits per heavy atom. The molecule has 0 fully saturated rings. The SMILES string of the molecule is Cc1cc(=O)n2nc(CN(C)CCOc3ccc(F)cc3)sc2n1. The summed E-state index contributed by atoms with van der Waals surface area (Å²) < 4.78 is 19.7. The second-order valence-corrected chi connectivity index (χ2v) is 6.51. The average molecular weight is 348 g/mol. The molecule has 2 aromatic heterocycles. The number of likely N-dealkylation sites (N-methyl/N-ethyl adjacent to an activating group) is 1. The van der Waals surface area contributed by atoms with Crippen molar-refractivity contribution >= 4 is 16.3 Å². The third-order valence-electron chi connectivity index (χ3n) is 3.38. The molecular weight excluding hydrogens is 331 g/mol. The van der Waals surface area contributed by atoms with Crippen molar-refractivity contribution < 1.29 is 9.13 Å². The number of hydrogen-bond acceptors (Lipinski definition) is 6. The Morgan fingerprint density at radius 3 is 2.83 bits per heavy atom. The molecule has 24 heavy (non-hydrogen) atoms. The van der Waals surface area contributed by atoms with E-state index >= 15 is 0 Å². The quantitative estimate of drug-likeness (QED) is 0.683. The number of benzene rings is 1. The van der Waals surface area contributed by atoms with Crippen molar-refractivity contribution in [1.29, 1.82) is 0 Å². The van der Waals surface area contributed by atoms with Crippen molar-refractivity contribution in [2.45, 2.75) is 13.5 Å². The van der Waals surface area contributed by atoms with Gasteiger partial charge in [0.25, 0.3) is 5.56 Å². The molecule has 0 aliphatic heterocycles. The van der Waals surface area contributed by atoms with Gasteiger partial charge in [-0.3, -0.25) is 9.69 Å². The van der Waals surface area contributed by atoms with Crippen molar-refractivity contribution in [3.8, 4) is 5.75 Å². The zero-order chi connectivity index (χ0) is 17.1. The molecular formula is C16H17FN4O2S. The molecule has 3 aromatic rings. The first-order valence-corrected chi connectivity index (χ1v) is 8.26. The smallest absolute Gasteiger partial charge is 0.275 e. The molecule has 0 N–H and O–H groups in total. The van der Waals surface area contributed by atoms with Gasteiger partial charge in [-0.15, -0.1) is 0 Å². The number of halogens is 1. The second-order valence-electron chi connectivity index (χ2n) is 5.47. The van der Waals surface area contributed by atoms with Crippen molar-refractivity contribution in [3.05, 3.63) is 57.2 Å². The Labute approximate surface area is 142 Å². The summed E-state index contributed by atoms with van der Waals surface area (Å²) in [7, 11) is 1.95. The Kier molecular flexibility index (Phi) is 4.86. The normalized spacial score (nSPS) is 11.3. The van der Waals surface area contributed by atoms with E-state index in [1.54, 1.807) is 19.1 Å². The van der Waals surface area contributed by atoms with Gasteiger partial charge in [-0.05, 0) is 38.2 Å². The van der Waals surface area contributed by atoms with E-state index in [-0.39, 0.29) is 11.4 Å². The lowest BCUT2D eigenvalue weighted by Crippen LogP contribution is -2.24. The molecule has 0 radical (unpaired) electrons. The van der Waals surface area contributed by atoms with Gasteiger partial charge in [0.2, 0.25) is 4.96 Å². The summed E-state index contributed by atoms with van der Waals surface area (Å²) in [6, 6.07) is 7.41. The number of ether oxygens (including phenoxy) is 1. The minimum Gasteiger partial charge on any atom is -0.492 e. The molecule has 1 aromatic carbocycles. The predicted molar refractivity (Wildman–Crippen MR) is 90.1 cm³/mol. The zero-order valence-corrected chi connectivity index (χ0v) is 14.2. The van der Waals surface area contributed by atoms with Crippen LogP contribution >= 0.6 is 11.3 Å². The maximum absolute atomic E-state index is 12.8. The van der Waals surface area contributed by atoms with Crippen LogP contribution in [0, 0.1) is 12.7 Å². The van der Waals surface area contributed by atoms with Crippen molar-refractivity contribution in [2.24, 2.45) is 0 Å². The molecule has 0 spiro atoms. The van der Waals surface area contributed by atoms with E-state index in [4.69, 9.17) is 4.74 Å². The topological polar surface area (TPSA) is 59.7 Å². The first-order chi connectivity index (χ1) is 11.5. The van der Waals surface area contributed by atoms with Crippen LogP contribution in [0.5, 0.6) is 5.75 Å². The molecule has 0 unspecified atom stereocenters. The number of nitrogens with zero attached hydrogens (tertiary/aromatic N) is 4. The monoisotopic (exact) mass is 348 g/mol. The van der Waals surface area contributed by atoms with Gasteiger partial charge in [-0.25, -0.2) is 9.37 Å².